The third-order valence-electron chi connectivity index (χ3n) is 3.51. The van der Waals surface area contributed by atoms with Gasteiger partial charge in [-0.15, -0.1) is 0 Å². The highest BCUT2D eigenvalue weighted by molar-refractivity contribution is 5.83. The summed E-state index contributed by atoms with van der Waals surface area (Å²) in [7, 11) is 0. The molecule has 0 aromatic rings. The van der Waals surface area contributed by atoms with E-state index in [0.29, 0.717) is 6.42 Å². The van der Waals surface area contributed by atoms with Gasteiger partial charge in [-0.1, -0.05) is 33.6 Å². The van der Waals surface area contributed by atoms with Gasteiger partial charge >= 0.3 is 0 Å². The Hall–Kier alpha value is -0.670. The summed E-state index contributed by atoms with van der Waals surface area (Å²) in [5.74, 6) is -2.76. The topological polar surface area (TPSA) is 20.3 Å². The monoisotopic (exact) mass is 233 g/mol. The van der Waals surface area contributed by atoms with Crippen molar-refractivity contribution in [1.82, 2.24) is 4.90 Å². The van der Waals surface area contributed by atoms with Crippen LogP contribution < -0.4 is 0 Å². The predicted molar refractivity (Wildman–Crippen MR) is 59.5 cm³/mol. The van der Waals surface area contributed by atoms with E-state index in [1.165, 1.54) is 4.90 Å². The van der Waals surface area contributed by atoms with Gasteiger partial charge in [-0.25, -0.2) is 8.78 Å². The largest absolute Gasteiger partial charge is 0.330 e. The molecule has 1 aliphatic rings. The highest BCUT2D eigenvalue weighted by Gasteiger charge is 2.49. The molecule has 94 valence electrons. The van der Waals surface area contributed by atoms with Crippen LogP contribution in [0.25, 0.3) is 0 Å². The van der Waals surface area contributed by atoms with Gasteiger partial charge in [-0.2, -0.15) is 0 Å². The molecule has 1 unspecified atom stereocenters. The fraction of sp³-hybridized carbons (Fsp3) is 0.917. The van der Waals surface area contributed by atoms with Gasteiger partial charge < -0.3 is 4.90 Å². The Morgan fingerprint density at radius 2 is 1.94 bits per heavy atom. The number of halogens is 2. The second-order valence-electron chi connectivity index (χ2n) is 5.03. The predicted octanol–water partition coefficient (Wildman–Crippen LogP) is 3.07. The molecule has 1 rings (SSSR count). The summed E-state index contributed by atoms with van der Waals surface area (Å²) in [6.45, 7) is 5.12. The maximum atomic E-state index is 12.7. The van der Waals surface area contributed by atoms with Crippen LogP contribution in [0, 0.1) is 5.41 Å². The first-order valence-corrected chi connectivity index (χ1v) is 6.02. The van der Waals surface area contributed by atoms with Gasteiger partial charge in [0, 0.05) is 5.41 Å². The minimum atomic E-state index is -2.66. The third-order valence-corrected chi connectivity index (χ3v) is 3.51. The second-order valence-corrected chi connectivity index (χ2v) is 5.03. The van der Waals surface area contributed by atoms with E-state index in [9.17, 15) is 13.6 Å². The fourth-order valence-corrected chi connectivity index (χ4v) is 2.04. The highest BCUT2D eigenvalue weighted by atomic mass is 19.3. The van der Waals surface area contributed by atoms with Gasteiger partial charge in [-0.3, -0.25) is 4.79 Å². The summed E-state index contributed by atoms with van der Waals surface area (Å²) in [6.07, 6.45) is 3.51. The number of alkyl halides is 2. The number of carbonyl (C=O) groups excluding carboxylic acids is 1. The number of hydrogen-bond acceptors (Lipinski definition) is 1. The Labute approximate surface area is 96.0 Å². The zero-order chi connectivity index (χ0) is 12.4. The van der Waals surface area contributed by atoms with Crippen molar-refractivity contribution in [2.75, 3.05) is 13.1 Å². The lowest BCUT2D eigenvalue weighted by Crippen LogP contribution is -2.61. The number of nitrogens with zero attached hydrogens (tertiary/aromatic N) is 1. The summed E-state index contributed by atoms with van der Waals surface area (Å²) in [6, 6.07) is 0. The summed E-state index contributed by atoms with van der Waals surface area (Å²) in [5, 5.41) is 0. The lowest BCUT2D eigenvalue weighted by atomic mass is 9.80. The molecule has 0 radical (unpaired) electrons. The van der Waals surface area contributed by atoms with Crippen LogP contribution in [-0.2, 0) is 4.79 Å². The van der Waals surface area contributed by atoms with Crippen LogP contribution in [0.15, 0.2) is 0 Å². The molecular formula is C12H21F2NO. The minimum absolute atomic E-state index is 0.102. The number of hydrogen-bond donors (Lipinski definition) is 0. The maximum Gasteiger partial charge on any atom is 0.282 e. The van der Waals surface area contributed by atoms with E-state index in [1.807, 2.05) is 13.8 Å². The van der Waals surface area contributed by atoms with Gasteiger partial charge in [0.1, 0.15) is 0 Å². The zero-order valence-corrected chi connectivity index (χ0v) is 10.4. The molecule has 0 saturated carbocycles. The minimum Gasteiger partial charge on any atom is -0.330 e. The lowest BCUT2D eigenvalue weighted by molar-refractivity contribution is -0.175. The van der Waals surface area contributed by atoms with Gasteiger partial charge in [0.15, 0.2) is 0 Å². The molecule has 16 heavy (non-hydrogen) atoms. The quantitative estimate of drug-likeness (QED) is 0.714. The van der Waals surface area contributed by atoms with Crippen molar-refractivity contribution in [1.29, 1.82) is 0 Å². The molecule has 1 fully saturated rings. The summed E-state index contributed by atoms with van der Waals surface area (Å²) in [4.78, 5) is 13.4. The van der Waals surface area contributed by atoms with Gasteiger partial charge in [0.2, 0.25) is 5.91 Å². The molecule has 0 spiro atoms. The van der Waals surface area contributed by atoms with Crippen LogP contribution in [0.2, 0.25) is 0 Å². The number of amides is 1. The van der Waals surface area contributed by atoms with Crippen molar-refractivity contribution < 1.29 is 13.6 Å². The van der Waals surface area contributed by atoms with E-state index in [0.717, 1.165) is 19.3 Å². The SMILES string of the molecule is CCCCC(C)(CC)C(=O)N1CC(F)(F)C1. The van der Waals surface area contributed by atoms with Gasteiger partial charge in [0.25, 0.3) is 5.92 Å². The smallest absolute Gasteiger partial charge is 0.282 e. The number of unbranched alkanes of at least 4 members (excludes halogenated alkanes) is 1. The Morgan fingerprint density at radius 1 is 1.38 bits per heavy atom. The van der Waals surface area contributed by atoms with Gasteiger partial charge in [-0.05, 0) is 12.8 Å². The summed E-state index contributed by atoms with van der Waals surface area (Å²) in [5.41, 5.74) is -0.452. The van der Waals surface area contributed by atoms with Crippen LogP contribution in [-0.4, -0.2) is 29.8 Å². The molecule has 0 aliphatic carbocycles. The molecular weight excluding hydrogens is 212 g/mol. The van der Waals surface area contributed by atoms with E-state index < -0.39 is 24.4 Å². The molecule has 1 saturated heterocycles. The summed E-state index contributed by atoms with van der Waals surface area (Å²) < 4.78 is 25.4. The van der Waals surface area contributed by atoms with Crippen LogP contribution in [0.5, 0.6) is 0 Å². The molecule has 0 aromatic heterocycles. The van der Waals surface area contributed by atoms with Crippen LogP contribution >= 0.6 is 0 Å². The van der Waals surface area contributed by atoms with Crippen molar-refractivity contribution in [3.63, 3.8) is 0 Å². The molecule has 0 bridgehead atoms. The first kappa shape index (κ1) is 13.4. The standard InChI is InChI=1S/C12H21F2NO/c1-4-6-7-11(3,5-2)10(16)15-8-12(13,14)9-15/h4-9H2,1-3H3. The Morgan fingerprint density at radius 3 is 2.31 bits per heavy atom. The van der Waals surface area contributed by atoms with E-state index in [4.69, 9.17) is 0 Å². The summed E-state index contributed by atoms with van der Waals surface area (Å²) >= 11 is 0. The average molecular weight is 233 g/mol. The zero-order valence-electron chi connectivity index (χ0n) is 10.4. The van der Waals surface area contributed by atoms with E-state index in [1.54, 1.807) is 0 Å². The van der Waals surface area contributed by atoms with Crippen molar-refractivity contribution in [2.24, 2.45) is 5.41 Å². The third kappa shape index (κ3) is 2.71. The molecule has 0 aromatic carbocycles. The first-order valence-electron chi connectivity index (χ1n) is 6.02. The lowest BCUT2D eigenvalue weighted by Gasteiger charge is -2.43. The molecule has 1 amide bonds. The first-order chi connectivity index (χ1) is 7.34. The molecule has 1 aliphatic heterocycles. The van der Waals surface area contributed by atoms with E-state index in [-0.39, 0.29) is 5.91 Å². The number of rotatable bonds is 5. The Balaban J connectivity index is 2.56. The van der Waals surface area contributed by atoms with Crippen molar-refractivity contribution in [3.8, 4) is 0 Å². The Kier molecular flexibility index (Phi) is 3.92. The maximum absolute atomic E-state index is 12.7. The fourth-order valence-electron chi connectivity index (χ4n) is 2.04. The van der Waals surface area contributed by atoms with Crippen molar-refractivity contribution in [2.45, 2.75) is 52.4 Å². The van der Waals surface area contributed by atoms with Crippen LogP contribution in [0.3, 0.4) is 0 Å². The van der Waals surface area contributed by atoms with Gasteiger partial charge in [0.05, 0.1) is 13.1 Å². The van der Waals surface area contributed by atoms with Crippen LogP contribution in [0.4, 0.5) is 8.78 Å². The molecule has 4 heteroatoms. The number of carbonyl (C=O) groups is 1. The molecule has 2 nitrogen and oxygen atoms in total. The van der Waals surface area contributed by atoms with Crippen LogP contribution in [0.1, 0.15) is 46.5 Å². The van der Waals surface area contributed by atoms with E-state index >= 15 is 0 Å². The van der Waals surface area contributed by atoms with Crippen molar-refractivity contribution >= 4 is 5.91 Å². The van der Waals surface area contributed by atoms with E-state index in [2.05, 4.69) is 6.92 Å². The Bertz CT molecular complexity index is 260. The molecule has 1 atom stereocenters. The second kappa shape index (κ2) is 4.68. The van der Waals surface area contributed by atoms with Crippen molar-refractivity contribution in [3.05, 3.63) is 0 Å². The number of likely N-dealkylation sites (tertiary alicyclic amines) is 1. The molecule has 1 heterocycles. The average Bonchev–Trinajstić information content (AvgIpc) is 2.21. The highest BCUT2D eigenvalue weighted by Crippen LogP contribution is 2.35. The normalized spacial score (nSPS) is 22.4. The molecule has 0 N–H and O–H groups in total.